The van der Waals surface area contributed by atoms with Crippen molar-refractivity contribution >= 4 is 21.6 Å². The summed E-state index contributed by atoms with van der Waals surface area (Å²) in [6.45, 7) is 4.44. The van der Waals surface area contributed by atoms with Crippen LogP contribution in [0.1, 0.15) is 19.4 Å². The molecule has 4 nitrogen and oxygen atoms in total. The van der Waals surface area contributed by atoms with Crippen LogP contribution >= 0.6 is 11.6 Å². The number of benzene rings is 1. The lowest BCUT2D eigenvalue weighted by Gasteiger charge is -2.09. The number of rotatable bonds is 8. The molecule has 0 aliphatic heterocycles. The normalized spacial score (nSPS) is 12.0. The molecule has 0 aromatic heterocycles. The Morgan fingerprint density at radius 2 is 1.89 bits per heavy atom. The Balaban J connectivity index is 2.56. The van der Waals surface area contributed by atoms with E-state index in [4.69, 9.17) is 16.3 Å². The SMILES string of the molecule is CC(C)OCCNS(=O)(=O)c1ccc(CCCl)cc1. The summed E-state index contributed by atoms with van der Waals surface area (Å²) in [7, 11) is -3.45. The number of hydrogen-bond acceptors (Lipinski definition) is 3. The molecule has 0 bridgehead atoms. The van der Waals surface area contributed by atoms with Crippen LogP contribution in [0.15, 0.2) is 29.2 Å². The minimum Gasteiger partial charge on any atom is -0.377 e. The van der Waals surface area contributed by atoms with E-state index >= 15 is 0 Å². The lowest BCUT2D eigenvalue weighted by molar-refractivity contribution is 0.0834. The van der Waals surface area contributed by atoms with Crippen LogP contribution < -0.4 is 4.72 Å². The summed E-state index contributed by atoms with van der Waals surface area (Å²) in [6, 6.07) is 6.74. The highest BCUT2D eigenvalue weighted by Gasteiger charge is 2.12. The van der Waals surface area contributed by atoms with Crippen molar-refractivity contribution in [3.63, 3.8) is 0 Å². The molecule has 0 fully saturated rings. The number of halogens is 1. The molecular weight excluding hydrogens is 286 g/mol. The van der Waals surface area contributed by atoms with E-state index in [0.717, 1.165) is 12.0 Å². The third kappa shape index (κ3) is 5.91. The van der Waals surface area contributed by atoms with Crippen LogP contribution in [0.4, 0.5) is 0 Å². The van der Waals surface area contributed by atoms with E-state index in [1.165, 1.54) is 0 Å². The molecule has 0 aliphatic carbocycles. The quantitative estimate of drug-likeness (QED) is 0.591. The van der Waals surface area contributed by atoms with Gasteiger partial charge < -0.3 is 4.74 Å². The highest BCUT2D eigenvalue weighted by Crippen LogP contribution is 2.11. The van der Waals surface area contributed by atoms with E-state index < -0.39 is 10.0 Å². The Bertz CT molecular complexity index is 471. The summed E-state index contributed by atoms with van der Waals surface area (Å²) >= 11 is 5.63. The minimum atomic E-state index is -3.45. The average molecular weight is 306 g/mol. The van der Waals surface area contributed by atoms with Gasteiger partial charge in [-0.3, -0.25) is 0 Å². The van der Waals surface area contributed by atoms with E-state index in [2.05, 4.69) is 4.72 Å². The topological polar surface area (TPSA) is 55.4 Å². The second-order valence-electron chi connectivity index (χ2n) is 4.40. The molecule has 19 heavy (non-hydrogen) atoms. The van der Waals surface area contributed by atoms with Gasteiger partial charge in [0.15, 0.2) is 0 Å². The zero-order valence-electron chi connectivity index (χ0n) is 11.2. The van der Waals surface area contributed by atoms with Gasteiger partial charge in [0, 0.05) is 12.4 Å². The highest BCUT2D eigenvalue weighted by atomic mass is 35.5. The molecule has 108 valence electrons. The van der Waals surface area contributed by atoms with Crippen molar-refractivity contribution in [2.75, 3.05) is 19.0 Å². The molecule has 0 amide bonds. The number of nitrogens with one attached hydrogen (secondary N) is 1. The summed E-state index contributed by atoms with van der Waals surface area (Å²) in [6.07, 6.45) is 0.830. The van der Waals surface area contributed by atoms with Gasteiger partial charge in [-0.05, 0) is 38.0 Å². The third-order valence-corrected chi connectivity index (χ3v) is 4.13. The van der Waals surface area contributed by atoms with Crippen molar-refractivity contribution in [3.05, 3.63) is 29.8 Å². The molecule has 1 aromatic rings. The van der Waals surface area contributed by atoms with Crippen molar-refractivity contribution in [1.82, 2.24) is 4.72 Å². The molecule has 0 atom stereocenters. The van der Waals surface area contributed by atoms with Gasteiger partial charge >= 0.3 is 0 Å². The number of aryl methyl sites for hydroxylation is 1. The number of ether oxygens (including phenoxy) is 1. The van der Waals surface area contributed by atoms with E-state index in [9.17, 15) is 8.42 Å². The maximum Gasteiger partial charge on any atom is 0.240 e. The third-order valence-electron chi connectivity index (χ3n) is 2.46. The number of alkyl halides is 1. The molecule has 0 spiro atoms. The smallest absolute Gasteiger partial charge is 0.240 e. The van der Waals surface area contributed by atoms with Gasteiger partial charge in [0.1, 0.15) is 0 Å². The van der Waals surface area contributed by atoms with Crippen molar-refractivity contribution in [3.8, 4) is 0 Å². The first-order chi connectivity index (χ1) is 8.95. The maximum atomic E-state index is 12.0. The predicted octanol–water partition coefficient (Wildman–Crippen LogP) is 2.17. The van der Waals surface area contributed by atoms with Gasteiger partial charge in [-0.1, -0.05) is 12.1 Å². The lowest BCUT2D eigenvalue weighted by atomic mass is 10.2. The molecule has 1 aromatic carbocycles. The van der Waals surface area contributed by atoms with Gasteiger partial charge in [-0.25, -0.2) is 13.1 Å². The Morgan fingerprint density at radius 3 is 2.42 bits per heavy atom. The first-order valence-electron chi connectivity index (χ1n) is 6.22. The number of hydrogen-bond donors (Lipinski definition) is 1. The molecule has 0 radical (unpaired) electrons. The molecule has 1 N–H and O–H groups in total. The zero-order valence-corrected chi connectivity index (χ0v) is 12.8. The summed E-state index contributed by atoms with van der Waals surface area (Å²) in [5, 5.41) is 0. The Labute approximate surface area is 120 Å². The fraction of sp³-hybridized carbons (Fsp3) is 0.538. The monoisotopic (exact) mass is 305 g/mol. The van der Waals surface area contributed by atoms with E-state index in [1.54, 1.807) is 24.3 Å². The lowest BCUT2D eigenvalue weighted by Crippen LogP contribution is -2.28. The first-order valence-corrected chi connectivity index (χ1v) is 8.23. The zero-order chi connectivity index (χ0) is 14.3. The standard InChI is InChI=1S/C13H20ClNO3S/c1-11(2)18-10-9-15-19(16,17)13-5-3-12(4-6-13)7-8-14/h3-6,11,15H,7-10H2,1-2H3. The second kappa shape index (κ2) is 7.85. The molecular formula is C13H20ClNO3S. The van der Waals surface area contributed by atoms with Crippen molar-refractivity contribution in [1.29, 1.82) is 0 Å². The summed E-state index contributed by atoms with van der Waals surface area (Å²) < 4.78 is 31.7. The molecule has 0 heterocycles. The van der Waals surface area contributed by atoms with E-state index in [0.29, 0.717) is 12.5 Å². The van der Waals surface area contributed by atoms with Crippen LogP contribution in [0.25, 0.3) is 0 Å². The van der Waals surface area contributed by atoms with Crippen LogP contribution in [-0.2, 0) is 21.2 Å². The molecule has 0 unspecified atom stereocenters. The largest absolute Gasteiger partial charge is 0.377 e. The van der Waals surface area contributed by atoms with Gasteiger partial charge in [0.2, 0.25) is 10.0 Å². The van der Waals surface area contributed by atoms with E-state index in [-0.39, 0.29) is 17.5 Å². The van der Waals surface area contributed by atoms with Gasteiger partial charge in [-0.2, -0.15) is 0 Å². The Kier molecular flexibility index (Phi) is 6.79. The minimum absolute atomic E-state index is 0.0966. The highest BCUT2D eigenvalue weighted by molar-refractivity contribution is 7.89. The van der Waals surface area contributed by atoms with Crippen molar-refractivity contribution < 1.29 is 13.2 Å². The van der Waals surface area contributed by atoms with Crippen molar-refractivity contribution in [2.45, 2.75) is 31.3 Å². The molecule has 6 heteroatoms. The summed E-state index contributed by atoms with van der Waals surface area (Å²) in [5.41, 5.74) is 1.03. The molecule has 0 saturated carbocycles. The predicted molar refractivity (Wildman–Crippen MR) is 77.1 cm³/mol. The first kappa shape index (κ1) is 16.4. The fourth-order valence-electron chi connectivity index (χ4n) is 1.50. The molecule has 0 saturated heterocycles. The Hall–Kier alpha value is -0.620. The average Bonchev–Trinajstić information content (AvgIpc) is 2.36. The van der Waals surface area contributed by atoms with Crippen LogP contribution in [-0.4, -0.2) is 33.6 Å². The van der Waals surface area contributed by atoms with Crippen molar-refractivity contribution in [2.24, 2.45) is 0 Å². The van der Waals surface area contributed by atoms with Crippen LogP contribution in [0.3, 0.4) is 0 Å². The van der Waals surface area contributed by atoms with Crippen LogP contribution in [0, 0.1) is 0 Å². The second-order valence-corrected chi connectivity index (χ2v) is 6.55. The van der Waals surface area contributed by atoms with E-state index in [1.807, 2.05) is 13.8 Å². The van der Waals surface area contributed by atoms with Gasteiger partial charge in [0.05, 0.1) is 17.6 Å². The number of sulfonamides is 1. The molecule has 1 rings (SSSR count). The fourth-order valence-corrected chi connectivity index (χ4v) is 2.73. The Morgan fingerprint density at radius 1 is 1.26 bits per heavy atom. The van der Waals surface area contributed by atoms with Crippen LogP contribution in [0.5, 0.6) is 0 Å². The molecule has 0 aliphatic rings. The van der Waals surface area contributed by atoms with Crippen LogP contribution in [0.2, 0.25) is 0 Å². The van der Waals surface area contributed by atoms with Gasteiger partial charge in [-0.15, -0.1) is 11.6 Å². The summed E-state index contributed by atoms with van der Waals surface area (Å²) in [4.78, 5) is 0.260. The van der Waals surface area contributed by atoms with Gasteiger partial charge in [0.25, 0.3) is 0 Å². The summed E-state index contributed by atoms with van der Waals surface area (Å²) in [5.74, 6) is 0.525. The maximum absolute atomic E-state index is 12.0.